The van der Waals surface area contributed by atoms with Crippen LogP contribution in [0.1, 0.15) is 31.6 Å². The number of nitrogens with zero attached hydrogens (tertiary/aromatic N) is 1. The number of ether oxygens (including phenoxy) is 1. The van der Waals surface area contributed by atoms with Gasteiger partial charge in [0, 0.05) is 29.9 Å². The van der Waals surface area contributed by atoms with E-state index in [1.165, 1.54) is 4.88 Å². The van der Waals surface area contributed by atoms with E-state index in [1.54, 1.807) is 16.2 Å². The molecule has 1 aromatic rings. The number of thiophene rings is 1. The summed E-state index contributed by atoms with van der Waals surface area (Å²) in [4.78, 5) is 16.0. The lowest BCUT2D eigenvalue weighted by molar-refractivity contribution is -0.229. The number of fused-ring (bicyclic) bond motifs is 1. The zero-order valence-electron chi connectivity index (χ0n) is 13.0. The normalized spacial score (nSPS) is 33.9. The molecule has 3 unspecified atom stereocenters. The Balaban J connectivity index is 1.79. The fraction of sp³-hybridized carbons (Fsp3) is 0.688. The van der Waals surface area contributed by atoms with Crippen molar-refractivity contribution in [2.24, 2.45) is 17.1 Å². The number of hydrogen-bond acceptors (Lipinski definition) is 4. The van der Waals surface area contributed by atoms with Crippen LogP contribution in [0.15, 0.2) is 17.5 Å². The Morgan fingerprint density at radius 2 is 2.33 bits per heavy atom. The third-order valence-corrected chi connectivity index (χ3v) is 6.22. The van der Waals surface area contributed by atoms with Gasteiger partial charge in [0.2, 0.25) is 5.91 Å². The molecule has 1 aromatic heterocycles. The molecule has 0 aromatic carbocycles. The average Bonchev–Trinajstić information content (AvgIpc) is 2.98. The minimum Gasteiger partial charge on any atom is -0.377 e. The summed E-state index contributed by atoms with van der Waals surface area (Å²) >= 11 is 1.67. The van der Waals surface area contributed by atoms with Gasteiger partial charge in [-0.2, -0.15) is 0 Å². The Bertz CT molecular complexity index is 528. The van der Waals surface area contributed by atoms with Gasteiger partial charge in [0.15, 0.2) is 0 Å². The molecule has 0 bridgehead atoms. The van der Waals surface area contributed by atoms with Crippen molar-refractivity contribution in [2.75, 3.05) is 13.7 Å². The van der Waals surface area contributed by atoms with E-state index in [0.29, 0.717) is 6.54 Å². The quantitative estimate of drug-likeness (QED) is 0.931. The van der Waals surface area contributed by atoms with E-state index in [1.807, 2.05) is 18.5 Å². The predicted molar refractivity (Wildman–Crippen MR) is 84.0 cm³/mol. The maximum atomic E-state index is 13.0. The van der Waals surface area contributed by atoms with E-state index < -0.39 is 5.54 Å². The molecule has 2 aliphatic rings. The van der Waals surface area contributed by atoms with E-state index in [-0.39, 0.29) is 23.3 Å². The summed E-state index contributed by atoms with van der Waals surface area (Å²) in [6.45, 7) is 5.55. The molecule has 0 radical (unpaired) electrons. The highest BCUT2D eigenvalue weighted by Gasteiger charge is 2.70. The van der Waals surface area contributed by atoms with Crippen LogP contribution in [-0.2, 0) is 16.1 Å². The average molecular weight is 308 g/mol. The predicted octanol–water partition coefficient (Wildman–Crippen LogP) is 2.24. The Hall–Kier alpha value is -0.910. The van der Waals surface area contributed by atoms with Crippen molar-refractivity contribution in [1.29, 1.82) is 0 Å². The van der Waals surface area contributed by atoms with Crippen molar-refractivity contribution in [2.45, 2.75) is 44.9 Å². The molecule has 1 aliphatic heterocycles. The molecule has 4 nitrogen and oxygen atoms in total. The zero-order valence-corrected chi connectivity index (χ0v) is 13.8. The van der Waals surface area contributed by atoms with Crippen molar-refractivity contribution < 1.29 is 9.53 Å². The molecule has 0 spiro atoms. The van der Waals surface area contributed by atoms with Gasteiger partial charge in [-0.25, -0.2) is 0 Å². The first-order chi connectivity index (χ1) is 9.89. The van der Waals surface area contributed by atoms with E-state index in [4.69, 9.17) is 10.5 Å². The first-order valence-electron chi connectivity index (χ1n) is 7.57. The van der Waals surface area contributed by atoms with Crippen LogP contribution in [0.5, 0.6) is 0 Å². The second-order valence-electron chi connectivity index (χ2n) is 6.87. The fourth-order valence-electron chi connectivity index (χ4n) is 4.03. The minimum atomic E-state index is -0.801. The van der Waals surface area contributed by atoms with Gasteiger partial charge in [0.05, 0.1) is 12.6 Å². The number of rotatable bonds is 3. The standard InChI is InChI=1S/C16H24N2O2S/c1-15(2)13-12(7-4-8-20-13)16(15,17)14(19)18(3)10-11-6-5-9-21-11/h5-6,9,12-13H,4,7-8,10,17H2,1-3H3. The van der Waals surface area contributed by atoms with Crippen molar-refractivity contribution >= 4 is 17.2 Å². The summed E-state index contributed by atoms with van der Waals surface area (Å²) in [5, 5.41) is 2.03. The van der Waals surface area contributed by atoms with Gasteiger partial charge in [-0.1, -0.05) is 19.9 Å². The van der Waals surface area contributed by atoms with Gasteiger partial charge in [0.25, 0.3) is 0 Å². The summed E-state index contributed by atoms with van der Waals surface area (Å²) < 4.78 is 5.87. The maximum Gasteiger partial charge on any atom is 0.243 e. The second-order valence-corrected chi connectivity index (χ2v) is 7.90. The Morgan fingerprint density at radius 1 is 1.57 bits per heavy atom. The largest absolute Gasteiger partial charge is 0.377 e. The Labute approximate surface area is 130 Å². The van der Waals surface area contributed by atoms with Crippen molar-refractivity contribution in [3.8, 4) is 0 Å². The van der Waals surface area contributed by atoms with Crippen LogP contribution in [0.3, 0.4) is 0 Å². The van der Waals surface area contributed by atoms with Crippen molar-refractivity contribution in [3.05, 3.63) is 22.4 Å². The number of carbonyl (C=O) groups excluding carboxylic acids is 1. The van der Waals surface area contributed by atoms with Crippen LogP contribution in [0.2, 0.25) is 0 Å². The molecule has 1 saturated heterocycles. The lowest BCUT2D eigenvalue weighted by Gasteiger charge is -2.65. The number of hydrogen-bond donors (Lipinski definition) is 1. The smallest absolute Gasteiger partial charge is 0.243 e. The monoisotopic (exact) mass is 308 g/mol. The van der Waals surface area contributed by atoms with Crippen LogP contribution < -0.4 is 5.73 Å². The molecule has 3 atom stereocenters. The number of amides is 1. The van der Waals surface area contributed by atoms with Crippen LogP contribution in [-0.4, -0.2) is 36.1 Å². The minimum absolute atomic E-state index is 0.0488. The van der Waals surface area contributed by atoms with Gasteiger partial charge >= 0.3 is 0 Å². The van der Waals surface area contributed by atoms with E-state index in [9.17, 15) is 4.79 Å². The van der Waals surface area contributed by atoms with Crippen molar-refractivity contribution in [3.63, 3.8) is 0 Å². The number of carbonyl (C=O) groups is 1. The fourth-order valence-corrected chi connectivity index (χ4v) is 4.79. The van der Waals surface area contributed by atoms with Gasteiger partial charge in [0.1, 0.15) is 5.54 Å². The van der Waals surface area contributed by atoms with Gasteiger partial charge in [-0.15, -0.1) is 11.3 Å². The second kappa shape index (κ2) is 5.07. The Kier molecular flexibility index (Phi) is 3.62. The highest BCUT2D eigenvalue weighted by Crippen LogP contribution is 2.57. The van der Waals surface area contributed by atoms with E-state index >= 15 is 0 Å². The van der Waals surface area contributed by atoms with E-state index in [2.05, 4.69) is 19.9 Å². The molecule has 2 fully saturated rings. The molecule has 3 rings (SSSR count). The van der Waals surface area contributed by atoms with Crippen molar-refractivity contribution in [1.82, 2.24) is 4.90 Å². The highest BCUT2D eigenvalue weighted by molar-refractivity contribution is 7.09. The van der Waals surface area contributed by atoms with Crippen LogP contribution in [0, 0.1) is 11.3 Å². The molecular weight excluding hydrogens is 284 g/mol. The van der Waals surface area contributed by atoms with Gasteiger partial charge in [-0.05, 0) is 24.3 Å². The van der Waals surface area contributed by atoms with Crippen LogP contribution >= 0.6 is 11.3 Å². The third kappa shape index (κ3) is 2.05. The number of nitrogens with two attached hydrogens (primary N) is 1. The molecular formula is C16H24N2O2S. The molecule has 1 saturated carbocycles. The zero-order chi connectivity index (χ0) is 15.3. The summed E-state index contributed by atoms with van der Waals surface area (Å²) in [7, 11) is 1.85. The maximum absolute atomic E-state index is 13.0. The molecule has 1 aliphatic carbocycles. The summed E-state index contributed by atoms with van der Waals surface area (Å²) in [5.41, 5.74) is 5.53. The summed E-state index contributed by atoms with van der Waals surface area (Å²) in [5.74, 6) is 0.201. The summed E-state index contributed by atoms with van der Waals surface area (Å²) in [6.07, 6.45) is 2.11. The third-order valence-electron chi connectivity index (χ3n) is 5.36. The molecule has 1 amide bonds. The molecule has 116 valence electrons. The lowest BCUT2D eigenvalue weighted by atomic mass is 9.46. The lowest BCUT2D eigenvalue weighted by Crippen LogP contribution is -2.82. The highest BCUT2D eigenvalue weighted by atomic mass is 32.1. The van der Waals surface area contributed by atoms with Gasteiger partial charge in [-0.3, -0.25) is 4.79 Å². The molecule has 2 N–H and O–H groups in total. The molecule has 2 heterocycles. The first kappa shape index (κ1) is 15.0. The molecule has 5 heteroatoms. The number of likely N-dealkylation sites (N-methyl/N-ethyl adjacent to an activating group) is 1. The van der Waals surface area contributed by atoms with Gasteiger partial charge < -0.3 is 15.4 Å². The Morgan fingerprint density at radius 3 is 3.00 bits per heavy atom. The topological polar surface area (TPSA) is 55.6 Å². The first-order valence-corrected chi connectivity index (χ1v) is 8.45. The summed E-state index contributed by atoms with van der Waals surface area (Å²) in [6, 6.07) is 4.06. The van der Waals surface area contributed by atoms with Crippen LogP contribution in [0.25, 0.3) is 0 Å². The van der Waals surface area contributed by atoms with Crippen LogP contribution in [0.4, 0.5) is 0 Å². The van der Waals surface area contributed by atoms with E-state index in [0.717, 1.165) is 19.4 Å². The SMILES string of the molecule is CN(Cc1cccs1)C(=O)C1(N)C2CCCOC2C1(C)C. The molecule has 21 heavy (non-hydrogen) atoms.